The van der Waals surface area contributed by atoms with Gasteiger partial charge in [-0.05, 0) is 45.4 Å². The molecule has 1 aromatic heterocycles. The molecule has 0 unspecified atom stereocenters. The zero-order valence-electron chi connectivity index (χ0n) is 13.4. The van der Waals surface area contributed by atoms with E-state index >= 15 is 0 Å². The fraction of sp³-hybridized carbons (Fsp3) is 0.438. The lowest BCUT2D eigenvalue weighted by molar-refractivity contribution is -0.220. The molecule has 0 bridgehead atoms. The molecule has 0 saturated carbocycles. The van der Waals surface area contributed by atoms with E-state index in [-0.39, 0.29) is 6.54 Å². The third-order valence-electron chi connectivity index (χ3n) is 2.37. The first kappa shape index (κ1) is 17.8. The van der Waals surface area contributed by atoms with Crippen molar-refractivity contribution in [2.75, 3.05) is 6.61 Å². The molecule has 0 spiro atoms. The molecule has 1 rings (SSSR count). The first-order valence-corrected chi connectivity index (χ1v) is 7.05. The maximum atomic E-state index is 11.2. The highest BCUT2D eigenvalue weighted by atomic mass is 16.7. The molecular weight excluding hydrogens is 284 g/mol. The van der Waals surface area contributed by atoms with Crippen molar-refractivity contribution in [3.8, 4) is 0 Å². The summed E-state index contributed by atoms with van der Waals surface area (Å²) in [6.07, 6.45) is 5.21. The normalized spacial score (nSPS) is 11.5. The minimum atomic E-state index is -0.455. The molecule has 0 radical (unpaired) electrons. The summed E-state index contributed by atoms with van der Waals surface area (Å²) in [5.74, 6) is -0.391. The van der Waals surface area contributed by atoms with Crippen molar-refractivity contribution in [3.63, 3.8) is 0 Å². The molecule has 1 aromatic rings. The van der Waals surface area contributed by atoms with Gasteiger partial charge in [0.2, 0.25) is 6.41 Å². The second-order valence-corrected chi connectivity index (χ2v) is 5.55. The van der Waals surface area contributed by atoms with Crippen LogP contribution < -0.4 is 0 Å². The molecular formula is C16H22N2O4. The number of pyridine rings is 1. The predicted molar refractivity (Wildman–Crippen MR) is 82.3 cm³/mol. The SMILES string of the molecule is CCOC(=O)C=Cc1ccc(CN(C=O)OC(C)(C)C)nc1. The number of hydroxylamine groups is 2. The van der Waals surface area contributed by atoms with Crippen molar-refractivity contribution in [1.82, 2.24) is 10.0 Å². The van der Waals surface area contributed by atoms with Crippen LogP contribution in [0.1, 0.15) is 39.0 Å². The van der Waals surface area contributed by atoms with Crippen LogP contribution in [0.2, 0.25) is 0 Å². The van der Waals surface area contributed by atoms with Gasteiger partial charge in [0.15, 0.2) is 0 Å². The number of nitrogens with zero attached hydrogens (tertiary/aromatic N) is 2. The lowest BCUT2D eigenvalue weighted by Gasteiger charge is -2.26. The Morgan fingerprint density at radius 2 is 2.09 bits per heavy atom. The van der Waals surface area contributed by atoms with E-state index in [2.05, 4.69) is 4.98 Å². The fourth-order valence-electron chi connectivity index (χ4n) is 1.59. The highest BCUT2D eigenvalue weighted by Crippen LogP contribution is 2.12. The van der Waals surface area contributed by atoms with Crippen LogP contribution in [0.15, 0.2) is 24.4 Å². The fourth-order valence-corrected chi connectivity index (χ4v) is 1.59. The van der Waals surface area contributed by atoms with E-state index in [1.165, 1.54) is 11.1 Å². The van der Waals surface area contributed by atoms with Gasteiger partial charge in [-0.15, -0.1) is 0 Å². The maximum absolute atomic E-state index is 11.2. The van der Waals surface area contributed by atoms with Gasteiger partial charge in [-0.3, -0.25) is 14.6 Å². The summed E-state index contributed by atoms with van der Waals surface area (Å²) in [7, 11) is 0. The number of esters is 1. The van der Waals surface area contributed by atoms with Crippen molar-refractivity contribution in [2.45, 2.75) is 39.8 Å². The third-order valence-corrected chi connectivity index (χ3v) is 2.37. The van der Waals surface area contributed by atoms with E-state index in [0.717, 1.165) is 5.56 Å². The largest absolute Gasteiger partial charge is 0.463 e. The van der Waals surface area contributed by atoms with Crippen LogP contribution in [0, 0.1) is 0 Å². The molecule has 6 nitrogen and oxygen atoms in total. The minimum Gasteiger partial charge on any atom is -0.463 e. The molecule has 6 heteroatoms. The third kappa shape index (κ3) is 6.99. The van der Waals surface area contributed by atoms with Crippen LogP contribution in [-0.2, 0) is 25.7 Å². The molecule has 0 atom stereocenters. The number of ether oxygens (including phenoxy) is 1. The summed E-state index contributed by atoms with van der Waals surface area (Å²) >= 11 is 0. The number of rotatable bonds is 7. The molecule has 0 saturated heterocycles. The number of aromatic nitrogens is 1. The highest BCUT2D eigenvalue weighted by Gasteiger charge is 2.16. The molecule has 0 aliphatic carbocycles. The van der Waals surface area contributed by atoms with Gasteiger partial charge in [0, 0.05) is 12.3 Å². The average Bonchev–Trinajstić information content (AvgIpc) is 2.44. The molecule has 1 amide bonds. The van der Waals surface area contributed by atoms with Gasteiger partial charge in [-0.1, -0.05) is 6.07 Å². The number of carbonyl (C=O) groups excluding carboxylic acids is 2. The van der Waals surface area contributed by atoms with E-state index in [4.69, 9.17) is 9.57 Å². The van der Waals surface area contributed by atoms with Gasteiger partial charge in [0.05, 0.1) is 24.4 Å². The number of hydrogen-bond donors (Lipinski definition) is 0. The van der Waals surface area contributed by atoms with Crippen molar-refractivity contribution < 1.29 is 19.2 Å². The molecule has 0 aromatic carbocycles. The molecule has 0 N–H and O–H groups in total. The van der Waals surface area contributed by atoms with Crippen LogP contribution in [0.4, 0.5) is 0 Å². The smallest absolute Gasteiger partial charge is 0.330 e. The molecule has 0 aliphatic rings. The molecule has 1 heterocycles. The summed E-state index contributed by atoms with van der Waals surface area (Å²) in [6.45, 7) is 7.93. The van der Waals surface area contributed by atoms with Gasteiger partial charge in [-0.25, -0.2) is 9.86 Å². The summed E-state index contributed by atoms with van der Waals surface area (Å²) in [5, 5.41) is 1.20. The van der Waals surface area contributed by atoms with Gasteiger partial charge in [0.1, 0.15) is 0 Å². The van der Waals surface area contributed by atoms with E-state index in [0.29, 0.717) is 18.7 Å². The van der Waals surface area contributed by atoms with Crippen LogP contribution in [0.5, 0.6) is 0 Å². The highest BCUT2D eigenvalue weighted by molar-refractivity contribution is 5.86. The Balaban J connectivity index is 2.64. The molecule has 0 fully saturated rings. The Morgan fingerprint density at radius 3 is 2.59 bits per heavy atom. The molecule has 120 valence electrons. The van der Waals surface area contributed by atoms with Gasteiger partial charge in [-0.2, -0.15) is 0 Å². The Labute approximate surface area is 130 Å². The number of hydrogen-bond acceptors (Lipinski definition) is 5. The van der Waals surface area contributed by atoms with E-state index in [9.17, 15) is 9.59 Å². The molecule has 22 heavy (non-hydrogen) atoms. The maximum Gasteiger partial charge on any atom is 0.330 e. The molecule has 0 aliphatic heterocycles. The van der Waals surface area contributed by atoms with Crippen LogP contribution in [0.3, 0.4) is 0 Å². The zero-order chi connectivity index (χ0) is 16.6. The first-order valence-electron chi connectivity index (χ1n) is 7.05. The lowest BCUT2D eigenvalue weighted by atomic mass is 10.2. The average molecular weight is 306 g/mol. The minimum absolute atomic E-state index is 0.253. The van der Waals surface area contributed by atoms with Gasteiger partial charge >= 0.3 is 5.97 Å². The van der Waals surface area contributed by atoms with Crippen molar-refractivity contribution in [1.29, 1.82) is 0 Å². The first-order chi connectivity index (χ1) is 10.3. The number of carbonyl (C=O) groups is 2. The second-order valence-electron chi connectivity index (χ2n) is 5.55. The van der Waals surface area contributed by atoms with Gasteiger partial charge < -0.3 is 4.74 Å². The second kappa shape index (κ2) is 8.29. The summed E-state index contributed by atoms with van der Waals surface area (Å²) < 4.78 is 4.79. The van der Waals surface area contributed by atoms with Crippen molar-refractivity contribution in [3.05, 3.63) is 35.7 Å². The Bertz CT molecular complexity index is 518. The Hall–Kier alpha value is -2.21. The van der Waals surface area contributed by atoms with Crippen LogP contribution in [-0.4, -0.2) is 34.6 Å². The summed E-state index contributed by atoms with van der Waals surface area (Å²) in [5.41, 5.74) is 0.999. The Kier molecular flexibility index (Phi) is 6.72. The van der Waals surface area contributed by atoms with Gasteiger partial charge in [0.25, 0.3) is 0 Å². The topological polar surface area (TPSA) is 68.7 Å². The van der Waals surface area contributed by atoms with Crippen molar-refractivity contribution in [2.24, 2.45) is 0 Å². The van der Waals surface area contributed by atoms with Crippen LogP contribution in [0.25, 0.3) is 6.08 Å². The number of amides is 1. The lowest BCUT2D eigenvalue weighted by Crippen LogP contribution is -2.32. The predicted octanol–water partition coefficient (Wildman–Crippen LogP) is 2.35. The standard InChI is InChI=1S/C16H22N2O4/c1-5-21-15(20)9-7-13-6-8-14(17-10-13)11-18(12-19)22-16(2,3)4/h6-10,12H,5,11H2,1-4H3. The van der Waals surface area contributed by atoms with Crippen molar-refractivity contribution >= 4 is 18.5 Å². The van der Waals surface area contributed by atoms with E-state index in [1.54, 1.807) is 31.3 Å². The summed E-state index contributed by atoms with van der Waals surface area (Å²) in [6, 6.07) is 3.57. The van der Waals surface area contributed by atoms with E-state index < -0.39 is 11.6 Å². The quantitative estimate of drug-likeness (QED) is 0.335. The monoisotopic (exact) mass is 306 g/mol. The zero-order valence-corrected chi connectivity index (χ0v) is 13.4. The Morgan fingerprint density at radius 1 is 1.36 bits per heavy atom. The van der Waals surface area contributed by atoms with E-state index in [1.807, 2.05) is 20.8 Å². The summed E-state index contributed by atoms with van der Waals surface area (Å²) in [4.78, 5) is 31.9. The van der Waals surface area contributed by atoms with Crippen LogP contribution >= 0.6 is 0 Å².